The minimum absolute atomic E-state index is 0.296. The predicted molar refractivity (Wildman–Crippen MR) is 37.1 cm³/mol. The fraction of sp³-hybridized carbons (Fsp3) is 0.857. The highest BCUT2D eigenvalue weighted by atomic mass is 15.2. The number of likely N-dealkylation sites (tertiary alicyclic amines) is 1. The average molecular weight is 124 g/mol. The van der Waals surface area contributed by atoms with Gasteiger partial charge in [0.05, 0.1) is 6.54 Å². The smallest absolute Gasteiger partial charge is 0.237 e. The monoisotopic (exact) mass is 124 g/mol. The molecular weight excluding hydrogens is 112 g/mol. The Labute approximate surface area is 56.3 Å². The molecule has 1 rings (SSSR count). The van der Waals surface area contributed by atoms with Crippen LogP contribution in [0.1, 0.15) is 13.3 Å². The van der Waals surface area contributed by atoms with Crippen LogP contribution in [0.5, 0.6) is 0 Å². The van der Waals surface area contributed by atoms with Crippen molar-refractivity contribution in [2.45, 2.75) is 19.4 Å². The van der Waals surface area contributed by atoms with Crippen LogP contribution in [0.2, 0.25) is 0 Å². The summed E-state index contributed by atoms with van der Waals surface area (Å²) in [7, 11) is 0. The lowest BCUT2D eigenvalue weighted by Crippen LogP contribution is -2.20. The molecule has 1 atom stereocenters. The van der Waals surface area contributed by atoms with Crippen molar-refractivity contribution in [3.63, 3.8) is 0 Å². The van der Waals surface area contributed by atoms with Gasteiger partial charge in [0, 0.05) is 13.0 Å². The largest absolute Gasteiger partial charge is 0.312 e. The van der Waals surface area contributed by atoms with Crippen molar-refractivity contribution in [3.05, 3.63) is 11.4 Å². The lowest BCUT2D eigenvalue weighted by atomic mass is 10.3. The second-order valence-electron chi connectivity index (χ2n) is 2.46. The van der Waals surface area contributed by atoms with Crippen molar-refractivity contribution in [2.75, 3.05) is 19.6 Å². The zero-order valence-corrected chi connectivity index (χ0v) is 5.80. The zero-order chi connectivity index (χ0) is 6.69. The third-order valence-electron chi connectivity index (χ3n) is 1.88. The predicted octanol–water partition coefficient (Wildman–Crippen LogP) is 1.000. The summed E-state index contributed by atoms with van der Waals surface area (Å²) in [6.45, 7) is 12.1. The highest BCUT2D eigenvalue weighted by molar-refractivity contribution is 4.88. The van der Waals surface area contributed by atoms with Crippen LogP contribution in [0.4, 0.5) is 0 Å². The first-order valence-corrected chi connectivity index (χ1v) is 3.45. The summed E-state index contributed by atoms with van der Waals surface area (Å²) in [4.78, 5) is 5.82. The van der Waals surface area contributed by atoms with Gasteiger partial charge in [-0.3, -0.25) is 4.90 Å². The van der Waals surface area contributed by atoms with Gasteiger partial charge in [0.15, 0.2) is 0 Å². The quantitative estimate of drug-likeness (QED) is 0.473. The molecule has 2 heteroatoms. The second kappa shape index (κ2) is 2.84. The molecule has 0 amide bonds. The molecule has 0 radical (unpaired) electrons. The molecular formula is C7H12N2. The molecule has 0 N–H and O–H groups in total. The molecule has 0 aromatic carbocycles. The lowest BCUT2D eigenvalue weighted by molar-refractivity contribution is 0.357. The summed E-state index contributed by atoms with van der Waals surface area (Å²) in [5.74, 6) is 0. The van der Waals surface area contributed by atoms with Crippen LogP contribution in [0.3, 0.4) is 0 Å². The molecule has 0 saturated carbocycles. The van der Waals surface area contributed by atoms with Crippen molar-refractivity contribution in [1.29, 1.82) is 0 Å². The van der Waals surface area contributed by atoms with Gasteiger partial charge in [-0.05, 0) is 6.54 Å². The van der Waals surface area contributed by atoms with E-state index in [-0.39, 0.29) is 0 Å². The number of nitrogens with zero attached hydrogens (tertiary/aromatic N) is 2. The summed E-state index contributed by atoms with van der Waals surface area (Å²) < 4.78 is 0. The Kier molecular flexibility index (Phi) is 2.07. The van der Waals surface area contributed by atoms with E-state index in [0.717, 1.165) is 26.1 Å². The van der Waals surface area contributed by atoms with E-state index in [1.54, 1.807) is 0 Å². The number of likely N-dealkylation sites (N-methyl/N-ethyl adjacent to an activating group) is 1. The molecule has 1 aliphatic rings. The fourth-order valence-electron chi connectivity index (χ4n) is 1.20. The number of rotatable bonds is 1. The van der Waals surface area contributed by atoms with Gasteiger partial charge in [-0.15, -0.1) is 0 Å². The van der Waals surface area contributed by atoms with Crippen LogP contribution in [-0.2, 0) is 0 Å². The average Bonchev–Trinajstić information content (AvgIpc) is 2.34. The molecule has 9 heavy (non-hydrogen) atoms. The van der Waals surface area contributed by atoms with E-state index in [1.165, 1.54) is 0 Å². The molecule has 0 bridgehead atoms. The van der Waals surface area contributed by atoms with Gasteiger partial charge >= 0.3 is 0 Å². The minimum Gasteiger partial charge on any atom is -0.312 e. The van der Waals surface area contributed by atoms with Gasteiger partial charge in [-0.2, -0.15) is 0 Å². The van der Waals surface area contributed by atoms with Crippen LogP contribution in [0.15, 0.2) is 0 Å². The van der Waals surface area contributed by atoms with Crippen LogP contribution in [0.25, 0.3) is 4.85 Å². The highest BCUT2D eigenvalue weighted by Crippen LogP contribution is 2.10. The molecule has 1 heterocycles. The molecule has 0 aromatic rings. The van der Waals surface area contributed by atoms with Gasteiger partial charge in [-0.25, -0.2) is 6.57 Å². The van der Waals surface area contributed by atoms with E-state index in [2.05, 4.69) is 16.7 Å². The van der Waals surface area contributed by atoms with E-state index in [9.17, 15) is 0 Å². The second-order valence-corrected chi connectivity index (χ2v) is 2.46. The molecule has 0 spiro atoms. The molecule has 0 aliphatic carbocycles. The van der Waals surface area contributed by atoms with E-state index in [1.807, 2.05) is 0 Å². The first-order chi connectivity index (χ1) is 4.36. The Bertz CT molecular complexity index is 125. The Morgan fingerprint density at radius 3 is 2.89 bits per heavy atom. The lowest BCUT2D eigenvalue weighted by Gasteiger charge is -2.07. The van der Waals surface area contributed by atoms with Gasteiger partial charge in [-0.1, -0.05) is 6.92 Å². The van der Waals surface area contributed by atoms with Crippen molar-refractivity contribution in [2.24, 2.45) is 0 Å². The molecule has 1 unspecified atom stereocenters. The third kappa shape index (κ3) is 1.43. The normalized spacial score (nSPS) is 28.2. The van der Waals surface area contributed by atoms with E-state index >= 15 is 0 Å². The summed E-state index contributed by atoms with van der Waals surface area (Å²) in [5.41, 5.74) is 0. The van der Waals surface area contributed by atoms with Crippen LogP contribution in [0, 0.1) is 6.57 Å². The molecule has 1 aliphatic heterocycles. The maximum absolute atomic E-state index is 6.76. The topological polar surface area (TPSA) is 7.60 Å². The number of hydrogen-bond donors (Lipinski definition) is 0. The van der Waals surface area contributed by atoms with Gasteiger partial charge in [0.1, 0.15) is 0 Å². The molecule has 2 nitrogen and oxygen atoms in total. The highest BCUT2D eigenvalue weighted by Gasteiger charge is 2.24. The Morgan fingerprint density at radius 1 is 1.78 bits per heavy atom. The molecule has 0 aromatic heterocycles. The Hall–Kier alpha value is -0.550. The van der Waals surface area contributed by atoms with Crippen molar-refractivity contribution >= 4 is 0 Å². The van der Waals surface area contributed by atoms with Gasteiger partial charge in [0.25, 0.3) is 0 Å². The molecule has 50 valence electrons. The SMILES string of the molecule is [C-]#[N+]C1CCN(CC)C1. The zero-order valence-electron chi connectivity index (χ0n) is 5.80. The fourth-order valence-corrected chi connectivity index (χ4v) is 1.20. The van der Waals surface area contributed by atoms with E-state index < -0.39 is 0 Å². The first kappa shape index (κ1) is 6.57. The molecule has 1 saturated heterocycles. The van der Waals surface area contributed by atoms with Crippen molar-refractivity contribution in [1.82, 2.24) is 4.90 Å². The van der Waals surface area contributed by atoms with Crippen LogP contribution in [-0.4, -0.2) is 30.6 Å². The van der Waals surface area contributed by atoms with Crippen LogP contribution < -0.4 is 0 Å². The Morgan fingerprint density at radius 2 is 2.56 bits per heavy atom. The maximum Gasteiger partial charge on any atom is 0.237 e. The Balaban J connectivity index is 2.31. The van der Waals surface area contributed by atoms with Crippen molar-refractivity contribution in [3.8, 4) is 0 Å². The number of hydrogen-bond acceptors (Lipinski definition) is 1. The third-order valence-corrected chi connectivity index (χ3v) is 1.88. The van der Waals surface area contributed by atoms with Crippen molar-refractivity contribution < 1.29 is 0 Å². The maximum atomic E-state index is 6.76. The van der Waals surface area contributed by atoms with E-state index in [4.69, 9.17) is 6.57 Å². The van der Waals surface area contributed by atoms with E-state index in [0.29, 0.717) is 6.04 Å². The summed E-state index contributed by atoms with van der Waals surface area (Å²) in [6.07, 6.45) is 1.08. The summed E-state index contributed by atoms with van der Waals surface area (Å²) in [5, 5.41) is 0. The summed E-state index contributed by atoms with van der Waals surface area (Å²) >= 11 is 0. The minimum atomic E-state index is 0.296. The summed E-state index contributed by atoms with van der Waals surface area (Å²) in [6, 6.07) is 0.296. The van der Waals surface area contributed by atoms with Gasteiger partial charge in [0.2, 0.25) is 6.04 Å². The molecule has 1 fully saturated rings. The standard InChI is InChI=1S/C7H12N2/c1-3-9-5-4-7(6-9)8-2/h7H,3-6H2,1H3. The van der Waals surface area contributed by atoms with Gasteiger partial charge < -0.3 is 4.85 Å². The van der Waals surface area contributed by atoms with Crippen LogP contribution >= 0.6 is 0 Å². The first-order valence-electron chi connectivity index (χ1n) is 3.45.